The molecule has 23 heavy (non-hydrogen) atoms. The summed E-state index contributed by atoms with van der Waals surface area (Å²) in [7, 11) is 3.91. The standard InChI is InChI=1S/C18H21NO4/c1-19-6-5-18-11-8-3-4-10(21-2)14(11)23-17(18)13(20)16-15(22-16)12(18)9(19)7-8/h3-4,9,12-13,15-17,20H,5-7H2,1-2H3/t9?,12?,13-,15+,16-,17?,18?/m0/s1. The molecule has 5 aliphatic rings. The Hall–Kier alpha value is -1.30. The zero-order valence-corrected chi connectivity index (χ0v) is 13.4. The van der Waals surface area contributed by atoms with Gasteiger partial charge in [0.1, 0.15) is 18.3 Å². The predicted molar refractivity (Wildman–Crippen MR) is 82.0 cm³/mol. The highest BCUT2D eigenvalue weighted by atomic mass is 16.6. The van der Waals surface area contributed by atoms with E-state index in [9.17, 15) is 5.11 Å². The number of ether oxygens (including phenoxy) is 3. The molecular formula is C18H21NO4. The molecule has 6 rings (SSSR count). The lowest BCUT2D eigenvalue weighted by Crippen LogP contribution is -2.68. The first-order valence-electron chi connectivity index (χ1n) is 8.57. The SMILES string of the molecule is COc1ccc2c3c1OC1[C@@H](O)[C@@H]4O[C@@H]4C4C(C2)N(C)CCC314. The van der Waals surface area contributed by atoms with Crippen LogP contribution in [0.4, 0.5) is 0 Å². The number of methoxy groups -OCH3 is 1. The number of fused-ring (bicyclic) bond motifs is 1. The molecule has 3 aliphatic heterocycles. The van der Waals surface area contributed by atoms with Crippen LogP contribution in [-0.2, 0) is 16.6 Å². The first-order chi connectivity index (χ1) is 11.2. The van der Waals surface area contributed by atoms with Crippen LogP contribution in [0.3, 0.4) is 0 Å². The number of hydrogen-bond acceptors (Lipinski definition) is 5. The zero-order chi connectivity index (χ0) is 15.5. The van der Waals surface area contributed by atoms with Crippen LogP contribution in [-0.4, -0.2) is 61.2 Å². The Morgan fingerprint density at radius 3 is 3.04 bits per heavy atom. The lowest BCUT2D eigenvalue weighted by molar-refractivity contribution is -0.0837. The maximum Gasteiger partial charge on any atom is 0.165 e. The Bertz CT molecular complexity index is 721. The molecule has 4 unspecified atom stereocenters. The van der Waals surface area contributed by atoms with E-state index in [1.165, 1.54) is 11.1 Å². The van der Waals surface area contributed by atoms with Gasteiger partial charge in [0.2, 0.25) is 0 Å². The van der Waals surface area contributed by atoms with Crippen molar-refractivity contribution in [2.45, 2.75) is 48.7 Å². The first kappa shape index (κ1) is 13.0. The molecule has 0 aromatic heterocycles. The average molecular weight is 315 g/mol. The molecule has 1 spiro atoms. The molecule has 7 atom stereocenters. The number of aliphatic hydroxyl groups excluding tert-OH is 1. The summed E-state index contributed by atoms with van der Waals surface area (Å²) in [5.74, 6) is 2.09. The number of epoxide rings is 1. The Balaban J connectivity index is 1.66. The number of piperidine rings is 1. The second kappa shape index (κ2) is 3.85. The monoisotopic (exact) mass is 315 g/mol. The Morgan fingerprint density at radius 2 is 2.22 bits per heavy atom. The van der Waals surface area contributed by atoms with Gasteiger partial charge in [-0.15, -0.1) is 0 Å². The molecule has 2 aliphatic carbocycles. The van der Waals surface area contributed by atoms with Gasteiger partial charge in [-0.3, -0.25) is 0 Å². The smallest absolute Gasteiger partial charge is 0.165 e. The van der Waals surface area contributed by atoms with Gasteiger partial charge >= 0.3 is 0 Å². The van der Waals surface area contributed by atoms with E-state index in [2.05, 4.69) is 18.0 Å². The molecule has 5 nitrogen and oxygen atoms in total. The summed E-state index contributed by atoms with van der Waals surface area (Å²) >= 11 is 0. The third kappa shape index (κ3) is 1.26. The lowest BCUT2D eigenvalue weighted by atomic mass is 9.51. The fourth-order valence-corrected chi connectivity index (χ4v) is 6.14. The van der Waals surface area contributed by atoms with Crippen molar-refractivity contribution in [3.63, 3.8) is 0 Å². The number of nitrogens with zero attached hydrogens (tertiary/aromatic N) is 1. The third-order valence-electron chi connectivity index (χ3n) is 7.09. The summed E-state index contributed by atoms with van der Waals surface area (Å²) in [5.41, 5.74) is 2.57. The molecule has 1 aromatic rings. The van der Waals surface area contributed by atoms with Crippen LogP contribution in [0.5, 0.6) is 11.5 Å². The normalized spacial score (nSPS) is 48.3. The van der Waals surface area contributed by atoms with Crippen LogP contribution in [0, 0.1) is 5.92 Å². The Morgan fingerprint density at radius 1 is 1.35 bits per heavy atom. The number of benzene rings is 1. The minimum absolute atomic E-state index is 0.0472. The number of aliphatic hydroxyl groups is 1. The Kier molecular flexibility index (Phi) is 2.18. The fourth-order valence-electron chi connectivity index (χ4n) is 6.14. The predicted octanol–water partition coefficient (Wildman–Crippen LogP) is 0.712. The minimum Gasteiger partial charge on any atom is -0.493 e. The quantitative estimate of drug-likeness (QED) is 0.774. The van der Waals surface area contributed by atoms with Crippen LogP contribution in [0.1, 0.15) is 17.5 Å². The lowest BCUT2D eigenvalue weighted by Gasteiger charge is -2.57. The molecule has 2 bridgehead atoms. The number of likely N-dealkylation sites (tertiary alicyclic amines) is 1. The minimum atomic E-state index is -0.539. The highest BCUT2D eigenvalue weighted by molar-refractivity contribution is 5.62. The first-order valence-corrected chi connectivity index (χ1v) is 8.57. The van der Waals surface area contributed by atoms with Crippen LogP contribution in [0.15, 0.2) is 12.1 Å². The van der Waals surface area contributed by atoms with E-state index in [1.54, 1.807) is 7.11 Å². The van der Waals surface area contributed by atoms with Gasteiger partial charge in [0, 0.05) is 22.9 Å². The fraction of sp³-hybridized carbons (Fsp3) is 0.667. The molecule has 1 aromatic carbocycles. The van der Waals surface area contributed by atoms with Gasteiger partial charge in [0.15, 0.2) is 11.5 Å². The molecule has 0 radical (unpaired) electrons. The van der Waals surface area contributed by atoms with Crippen LogP contribution in [0.25, 0.3) is 0 Å². The Labute approximate surface area is 135 Å². The van der Waals surface area contributed by atoms with Gasteiger partial charge < -0.3 is 24.2 Å². The van der Waals surface area contributed by atoms with E-state index < -0.39 is 6.10 Å². The largest absolute Gasteiger partial charge is 0.493 e. The summed E-state index contributed by atoms with van der Waals surface area (Å²) in [6.45, 7) is 1.04. The van der Waals surface area contributed by atoms with Gasteiger partial charge in [-0.05, 0) is 38.1 Å². The molecule has 5 heteroatoms. The summed E-state index contributed by atoms with van der Waals surface area (Å²) in [6, 6.07) is 4.69. The van der Waals surface area contributed by atoms with E-state index in [4.69, 9.17) is 14.2 Å². The second-order valence-corrected chi connectivity index (χ2v) is 7.79. The number of rotatable bonds is 1. The summed E-state index contributed by atoms with van der Waals surface area (Å²) < 4.78 is 17.9. The maximum absolute atomic E-state index is 10.8. The van der Waals surface area contributed by atoms with Crippen molar-refractivity contribution in [1.82, 2.24) is 4.90 Å². The van der Waals surface area contributed by atoms with E-state index in [0.717, 1.165) is 30.9 Å². The highest BCUT2D eigenvalue weighted by Crippen LogP contribution is 2.66. The summed E-state index contributed by atoms with van der Waals surface area (Å²) in [6.07, 6.45) is 1.46. The van der Waals surface area contributed by atoms with Crippen LogP contribution in [0.2, 0.25) is 0 Å². The molecule has 1 N–H and O–H groups in total. The molecular weight excluding hydrogens is 294 g/mol. The van der Waals surface area contributed by atoms with Crippen LogP contribution >= 0.6 is 0 Å². The summed E-state index contributed by atoms with van der Waals surface area (Å²) in [4.78, 5) is 2.48. The van der Waals surface area contributed by atoms with Crippen molar-refractivity contribution in [2.24, 2.45) is 5.92 Å². The molecule has 0 amide bonds. The highest BCUT2D eigenvalue weighted by Gasteiger charge is 2.75. The summed E-state index contributed by atoms with van der Waals surface area (Å²) in [5, 5.41) is 10.8. The second-order valence-electron chi connectivity index (χ2n) is 7.79. The van der Waals surface area contributed by atoms with Gasteiger partial charge in [-0.1, -0.05) is 6.07 Å². The topological polar surface area (TPSA) is 54.5 Å². The van der Waals surface area contributed by atoms with Crippen molar-refractivity contribution < 1.29 is 19.3 Å². The van der Waals surface area contributed by atoms with E-state index in [1.807, 2.05) is 6.07 Å². The number of hydrogen-bond donors (Lipinski definition) is 1. The molecule has 122 valence electrons. The zero-order valence-electron chi connectivity index (χ0n) is 13.4. The van der Waals surface area contributed by atoms with Gasteiger partial charge in [0.25, 0.3) is 0 Å². The average Bonchev–Trinajstić information content (AvgIpc) is 3.27. The molecule has 3 fully saturated rings. The molecule has 1 saturated carbocycles. The van der Waals surface area contributed by atoms with Crippen molar-refractivity contribution >= 4 is 0 Å². The third-order valence-corrected chi connectivity index (χ3v) is 7.09. The molecule has 2 saturated heterocycles. The van der Waals surface area contributed by atoms with Crippen LogP contribution < -0.4 is 9.47 Å². The van der Waals surface area contributed by atoms with E-state index in [0.29, 0.717) is 12.0 Å². The van der Waals surface area contributed by atoms with Crippen molar-refractivity contribution in [3.8, 4) is 11.5 Å². The van der Waals surface area contributed by atoms with Gasteiger partial charge in [-0.25, -0.2) is 0 Å². The number of likely N-dealkylation sites (N-methyl/N-ethyl adjacent to an activating group) is 1. The molecule has 3 heterocycles. The van der Waals surface area contributed by atoms with Crippen molar-refractivity contribution in [1.29, 1.82) is 0 Å². The van der Waals surface area contributed by atoms with Crippen molar-refractivity contribution in [3.05, 3.63) is 23.3 Å². The van der Waals surface area contributed by atoms with E-state index >= 15 is 0 Å². The maximum atomic E-state index is 10.8. The van der Waals surface area contributed by atoms with Gasteiger partial charge in [-0.2, -0.15) is 0 Å². The van der Waals surface area contributed by atoms with E-state index in [-0.39, 0.29) is 23.7 Å². The van der Waals surface area contributed by atoms with Crippen molar-refractivity contribution in [2.75, 3.05) is 20.7 Å². The van der Waals surface area contributed by atoms with Gasteiger partial charge in [0.05, 0.1) is 13.2 Å².